The Hall–Kier alpha value is -3.44. The van der Waals surface area contributed by atoms with E-state index in [9.17, 15) is 26.3 Å². The number of halogens is 6. The number of benzene rings is 4. The van der Waals surface area contributed by atoms with E-state index < -0.39 is 23.5 Å². The van der Waals surface area contributed by atoms with Gasteiger partial charge in [0.25, 0.3) is 0 Å². The van der Waals surface area contributed by atoms with Gasteiger partial charge in [0.05, 0.1) is 0 Å². The van der Waals surface area contributed by atoms with E-state index in [2.05, 4.69) is 126 Å². The minimum Gasteiger partial charge on any atom is -0.273 e. The molecule has 0 fully saturated rings. The van der Waals surface area contributed by atoms with Crippen LogP contribution in [0.4, 0.5) is 26.3 Å². The van der Waals surface area contributed by atoms with Gasteiger partial charge in [-0.25, -0.2) is 12.2 Å². The predicted octanol–water partition coefficient (Wildman–Crippen LogP) is 15.0. The van der Waals surface area contributed by atoms with Crippen molar-refractivity contribution >= 4 is 24.8 Å². The standard InChI is InChI=1S/C29H41.C15H8F6.C5H5.Zr/c1-26(2,3)22-14-18-13-19-15-23(27(4,5)6)25(29(10,11)12)17-21(19)20(18)16-24(22)28(7,8)9;16-14(17,18)12-5-1-10(2-6-12)9-11-3-7-13(8-4-11)15(19,20)21;1-2-4-5-3-1;/h13-17H,1-12H3;1-8H;1-3H,4H2;/q-1;;-1;+2. The fourth-order valence-electron chi connectivity index (χ4n) is 6.75. The molecule has 0 N–H and O–H groups in total. The van der Waals surface area contributed by atoms with Crippen LogP contribution in [-0.2, 0) is 58.2 Å². The maximum atomic E-state index is 12.5. The molecule has 1 aliphatic carbocycles. The van der Waals surface area contributed by atoms with Crippen molar-refractivity contribution in [2.45, 2.75) is 124 Å². The zero-order valence-electron chi connectivity index (χ0n) is 34.7. The predicted molar refractivity (Wildman–Crippen MR) is 220 cm³/mol. The monoisotopic (exact) mass is 846 g/mol. The maximum absolute atomic E-state index is 12.5. The third kappa shape index (κ3) is 11.1. The van der Waals surface area contributed by atoms with Gasteiger partial charge in [0.15, 0.2) is 0 Å². The van der Waals surface area contributed by atoms with Crippen molar-refractivity contribution in [1.29, 1.82) is 0 Å². The van der Waals surface area contributed by atoms with Gasteiger partial charge in [0, 0.05) is 0 Å². The first kappa shape index (κ1) is 45.3. The van der Waals surface area contributed by atoms with Gasteiger partial charge >= 0.3 is 137 Å². The molecule has 0 heterocycles. The average molecular weight is 848 g/mol. The molecule has 0 saturated carbocycles. The van der Waals surface area contributed by atoms with Gasteiger partial charge in [0.1, 0.15) is 0 Å². The van der Waals surface area contributed by atoms with Crippen molar-refractivity contribution in [1.82, 2.24) is 0 Å². The van der Waals surface area contributed by atoms with Gasteiger partial charge in [-0.05, 0) is 21.7 Å². The number of alkyl halides is 6. The molecular weight excluding hydrogens is 794 g/mol. The van der Waals surface area contributed by atoms with Gasteiger partial charge in [0.2, 0.25) is 0 Å². The molecule has 0 amide bonds. The second-order valence-corrected chi connectivity index (χ2v) is 19.9. The molecule has 296 valence electrons. The molecule has 0 nitrogen and oxygen atoms in total. The van der Waals surface area contributed by atoms with Crippen LogP contribution in [0.2, 0.25) is 0 Å². The largest absolute Gasteiger partial charge is 0.273 e. The molecule has 0 aliphatic heterocycles. The summed E-state index contributed by atoms with van der Waals surface area (Å²) < 4.78 is 75.6. The van der Waals surface area contributed by atoms with Crippen LogP contribution in [0.15, 0.2) is 97.1 Å². The molecule has 0 aromatic heterocycles. The molecule has 0 bridgehead atoms. The molecule has 0 spiro atoms. The Morgan fingerprint density at radius 1 is 0.518 bits per heavy atom. The summed E-state index contributed by atoms with van der Waals surface area (Å²) in [6.07, 6.45) is 1.18. The Balaban J connectivity index is 0.000000227. The van der Waals surface area contributed by atoms with E-state index in [1.165, 1.54) is 68.1 Å². The molecule has 1 aliphatic rings. The zero-order valence-corrected chi connectivity index (χ0v) is 37.2. The fraction of sp³-hybridized carbons (Fsp3) is 0.388. The Labute approximate surface area is 344 Å². The average Bonchev–Trinajstić information content (AvgIpc) is 3.77. The van der Waals surface area contributed by atoms with Crippen LogP contribution in [0.25, 0.3) is 21.5 Å². The normalized spacial score (nSPS) is 13.8. The Kier molecular flexibility index (Phi) is 13.3. The summed E-state index contributed by atoms with van der Waals surface area (Å²) in [5.74, 6) is 0. The number of fused-ring (bicyclic) bond motifs is 3. The molecule has 0 radical (unpaired) electrons. The minimum absolute atomic E-state index is 0.124. The first-order valence-corrected chi connectivity index (χ1v) is 20.1. The van der Waals surface area contributed by atoms with E-state index >= 15 is 0 Å². The molecule has 56 heavy (non-hydrogen) atoms. The molecule has 0 atom stereocenters. The minimum atomic E-state index is -4.41. The summed E-state index contributed by atoms with van der Waals surface area (Å²) in [7, 11) is 0. The van der Waals surface area contributed by atoms with Crippen molar-refractivity contribution in [2.24, 2.45) is 0 Å². The number of rotatable bonds is 2. The van der Waals surface area contributed by atoms with Crippen molar-refractivity contribution in [3.63, 3.8) is 0 Å². The van der Waals surface area contributed by atoms with Gasteiger partial charge < -0.3 is 0 Å². The van der Waals surface area contributed by atoms with Crippen LogP contribution < -0.4 is 0 Å². The van der Waals surface area contributed by atoms with Crippen LogP contribution in [0.3, 0.4) is 0 Å². The zero-order chi connectivity index (χ0) is 42.2. The molecule has 5 aromatic carbocycles. The molecule has 0 unspecified atom stereocenters. The summed E-state index contributed by atoms with van der Waals surface area (Å²) in [5, 5.41) is 5.57. The Morgan fingerprint density at radius 2 is 0.839 bits per heavy atom. The van der Waals surface area contributed by atoms with Crippen LogP contribution in [-0.4, -0.2) is 3.21 Å². The van der Waals surface area contributed by atoms with Gasteiger partial charge in [-0.15, -0.1) is 46.2 Å². The van der Waals surface area contributed by atoms with Crippen LogP contribution >= 0.6 is 0 Å². The number of hydrogen-bond donors (Lipinski definition) is 0. The Morgan fingerprint density at radius 3 is 1.07 bits per heavy atom. The topological polar surface area (TPSA) is 0 Å². The van der Waals surface area contributed by atoms with Crippen molar-refractivity contribution in [3.8, 4) is 0 Å². The van der Waals surface area contributed by atoms with E-state index in [4.69, 9.17) is 0 Å². The molecule has 7 heteroatoms. The van der Waals surface area contributed by atoms with Crippen molar-refractivity contribution in [3.05, 3.63) is 148 Å². The Bertz CT molecular complexity index is 2060. The third-order valence-corrected chi connectivity index (χ3v) is 11.2. The molecular formula is C49H54F6Zr. The smallest absolute Gasteiger partial charge is 0.109 e. The summed E-state index contributed by atoms with van der Waals surface area (Å²) in [5.41, 5.74) is 6.01. The van der Waals surface area contributed by atoms with Crippen LogP contribution in [0, 0.1) is 6.08 Å². The molecule has 6 rings (SSSR count). The quantitative estimate of drug-likeness (QED) is 0.123. The van der Waals surface area contributed by atoms with Crippen molar-refractivity contribution < 1.29 is 50.6 Å². The first-order chi connectivity index (χ1) is 25.5. The van der Waals surface area contributed by atoms with Crippen molar-refractivity contribution in [2.75, 3.05) is 0 Å². The first-order valence-electron chi connectivity index (χ1n) is 18.9. The van der Waals surface area contributed by atoms with E-state index in [1.807, 2.05) is 12.2 Å². The van der Waals surface area contributed by atoms with E-state index in [1.54, 1.807) is 0 Å². The van der Waals surface area contributed by atoms with Gasteiger partial charge in [-0.3, -0.25) is 6.08 Å². The number of hydrogen-bond acceptors (Lipinski definition) is 0. The van der Waals surface area contributed by atoms with Crippen LogP contribution in [0.1, 0.15) is 134 Å². The summed E-state index contributed by atoms with van der Waals surface area (Å²) in [6, 6.07) is 21.5. The second kappa shape index (κ2) is 16.4. The fourth-order valence-corrected chi connectivity index (χ4v) is 7.57. The summed E-state index contributed by atoms with van der Waals surface area (Å²) in [4.78, 5) is 0. The van der Waals surface area contributed by atoms with Crippen LogP contribution in [0.5, 0.6) is 0 Å². The molecule has 0 saturated heterocycles. The summed E-state index contributed by atoms with van der Waals surface area (Å²) in [6.45, 7) is 28.0. The SMILES string of the molecule is CC(C)(C)c1cc2[cH-]c3cc(C(C)(C)C)c(C(C)(C)C)cc3c2cc1C(C)(C)C.FC(F)(F)c1ccc([C](=[Zr+2])c2ccc(C(F)(F)F)cc2)cc1.[C-]1=CC=CC1. The number of allylic oxidation sites excluding steroid dienone is 4. The maximum Gasteiger partial charge on any atom is -0.109 e. The third-order valence-electron chi connectivity index (χ3n) is 9.80. The van der Waals surface area contributed by atoms with E-state index in [-0.39, 0.29) is 21.7 Å². The second-order valence-electron chi connectivity index (χ2n) is 18.6. The van der Waals surface area contributed by atoms with E-state index in [0.29, 0.717) is 14.3 Å². The molecule has 5 aromatic rings. The van der Waals surface area contributed by atoms with Gasteiger partial charge in [-0.2, -0.15) is 6.08 Å². The summed E-state index contributed by atoms with van der Waals surface area (Å²) >= 11 is 0.898. The van der Waals surface area contributed by atoms with Gasteiger partial charge in [-0.1, -0.05) is 117 Å². The van der Waals surface area contributed by atoms with E-state index in [0.717, 1.165) is 54.9 Å².